The van der Waals surface area contributed by atoms with Gasteiger partial charge in [0.15, 0.2) is 0 Å². The molecule has 5 heteroatoms. The Morgan fingerprint density at radius 1 is 1.53 bits per heavy atom. The summed E-state index contributed by atoms with van der Waals surface area (Å²) in [4.78, 5) is 13.3. The Morgan fingerprint density at radius 3 is 2.95 bits per heavy atom. The molecule has 0 atom stereocenters. The molecule has 1 aromatic heterocycles. The fraction of sp³-hybridized carbons (Fsp3) is 0.643. The van der Waals surface area contributed by atoms with Crippen LogP contribution in [-0.4, -0.2) is 42.2 Å². The molecule has 19 heavy (non-hydrogen) atoms. The number of hydrogen-bond acceptors (Lipinski definition) is 4. The normalized spacial score (nSPS) is 16.3. The fourth-order valence-corrected chi connectivity index (χ4v) is 2.65. The molecule has 0 aromatic carbocycles. The molecule has 1 fully saturated rings. The van der Waals surface area contributed by atoms with Crippen molar-refractivity contribution in [3.63, 3.8) is 0 Å². The SMILES string of the molecule is CN(CCNCc1occc1C(=O)O)C1CCCC1. The molecule has 5 nitrogen and oxygen atoms in total. The Balaban J connectivity index is 1.68. The van der Waals surface area contributed by atoms with Gasteiger partial charge in [0.2, 0.25) is 0 Å². The summed E-state index contributed by atoms with van der Waals surface area (Å²) in [6, 6.07) is 2.21. The van der Waals surface area contributed by atoms with Crippen molar-refractivity contribution in [2.75, 3.05) is 20.1 Å². The molecule has 1 aromatic rings. The van der Waals surface area contributed by atoms with Crippen LogP contribution in [0.5, 0.6) is 0 Å². The minimum Gasteiger partial charge on any atom is -0.478 e. The largest absolute Gasteiger partial charge is 0.478 e. The number of carbonyl (C=O) groups is 1. The zero-order chi connectivity index (χ0) is 13.7. The predicted molar refractivity (Wildman–Crippen MR) is 72.3 cm³/mol. The van der Waals surface area contributed by atoms with E-state index in [1.54, 1.807) is 0 Å². The minimum absolute atomic E-state index is 0.247. The van der Waals surface area contributed by atoms with Crippen LogP contribution < -0.4 is 5.32 Å². The molecule has 1 aliphatic rings. The van der Waals surface area contributed by atoms with Gasteiger partial charge in [-0.3, -0.25) is 0 Å². The number of rotatable bonds is 7. The van der Waals surface area contributed by atoms with E-state index >= 15 is 0 Å². The topological polar surface area (TPSA) is 65.7 Å². The van der Waals surface area contributed by atoms with Crippen molar-refractivity contribution >= 4 is 5.97 Å². The summed E-state index contributed by atoms with van der Waals surface area (Å²) in [5, 5.41) is 12.2. The molecule has 0 aliphatic heterocycles. The van der Waals surface area contributed by atoms with Crippen LogP contribution in [0.1, 0.15) is 41.8 Å². The van der Waals surface area contributed by atoms with E-state index in [0.29, 0.717) is 12.3 Å². The van der Waals surface area contributed by atoms with Crippen LogP contribution in [0, 0.1) is 0 Å². The number of aromatic carboxylic acids is 1. The smallest absolute Gasteiger partial charge is 0.339 e. The van der Waals surface area contributed by atoms with E-state index < -0.39 is 5.97 Å². The first-order valence-electron chi connectivity index (χ1n) is 6.89. The highest BCUT2D eigenvalue weighted by Gasteiger charge is 2.19. The summed E-state index contributed by atoms with van der Waals surface area (Å²) in [6.45, 7) is 2.29. The summed E-state index contributed by atoms with van der Waals surface area (Å²) >= 11 is 0. The highest BCUT2D eigenvalue weighted by molar-refractivity contribution is 5.88. The monoisotopic (exact) mass is 266 g/mol. The second-order valence-electron chi connectivity index (χ2n) is 5.16. The third kappa shape index (κ3) is 3.81. The Hall–Kier alpha value is -1.33. The summed E-state index contributed by atoms with van der Waals surface area (Å²) in [6.07, 6.45) is 6.72. The quantitative estimate of drug-likeness (QED) is 0.738. The number of furan rings is 1. The zero-order valence-electron chi connectivity index (χ0n) is 11.4. The maximum Gasteiger partial charge on any atom is 0.339 e. The molecular weight excluding hydrogens is 244 g/mol. The van der Waals surface area contributed by atoms with Gasteiger partial charge < -0.3 is 19.7 Å². The van der Waals surface area contributed by atoms with Crippen LogP contribution in [0.4, 0.5) is 0 Å². The first kappa shape index (κ1) is 14.1. The standard InChI is InChI=1S/C14H22N2O3/c1-16(11-4-2-3-5-11)8-7-15-10-13-12(14(17)18)6-9-19-13/h6,9,11,15H,2-5,7-8,10H2,1H3,(H,17,18). The highest BCUT2D eigenvalue weighted by Crippen LogP contribution is 2.21. The third-order valence-electron chi connectivity index (χ3n) is 3.85. The van der Waals surface area contributed by atoms with Crippen molar-refractivity contribution in [3.05, 3.63) is 23.7 Å². The molecule has 0 saturated heterocycles. The molecule has 0 radical (unpaired) electrons. The molecule has 0 amide bonds. The van der Waals surface area contributed by atoms with Gasteiger partial charge in [0.05, 0.1) is 12.8 Å². The lowest BCUT2D eigenvalue weighted by Gasteiger charge is -2.23. The number of nitrogens with one attached hydrogen (secondary N) is 1. The van der Waals surface area contributed by atoms with E-state index in [-0.39, 0.29) is 5.56 Å². The average Bonchev–Trinajstić information content (AvgIpc) is 3.04. The molecule has 0 spiro atoms. The molecule has 1 aliphatic carbocycles. The Bertz CT molecular complexity index is 411. The lowest BCUT2D eigenvalue weighted by atomic mass is 10.2. The predicted octanol–water partition coefficient (Wildman–Crippen LogP) is 1.94. The number of likely N-dealkylation sites (N-methyl/N-ethyl adjacent to an activating group) is 1. The lowest BCUT2D eigenvalue weighted by molar-refractivity contribution is 0.0694. The van der Waals surface area contributed by atoms with Crippen LogP contribution in [0.2, 0.25) is 0 Å². The van der Waals surface area contributed by atoms with Crippen LogP contribution >= 0.6 is 0 Å². The maximum absolute atomic E-state index is 10.9. The van der Waals surface area contributed by atoms with Gasteiger partial charge in [-0.1, -0.05) is 12.8 Å². The average molecular weight is 266 g/mol. The van der Waals surface area contributed by atoms with Crippen LogP contribution in [0.15, 0.2) is 16.7 Å². The van der Waals surface area contributed by atoms with Crippen molar-refractivity contribution in [1.82, 2.24) is 10.2 Å². The molecule has 0 bridgehead atoms. The fourth-order valence-electron chi connectivity index (χ4n) is 2.65. The third-order valence-corrected chi connectivity index (χ3v) is 3.85. The number of nitrogens with zero attached hydrogens (tertiary/aromatic N) is 1. The van der Waals surface area contributed by atoms with E-state index in [4.69, 9.17) is 9.52 Å². The van der Waals surface area contributed by atoms with Gasteiger partial charge in [0, 0.05) is 19.1 Å². The van der Waals surface area contributed by atoms with E-state index in [2.05, 4.69) is 17.3 Å². The van der Waals surface area contributed by atoms with E-state index in [1.165, 1.54) is 38.0 Å². The molecule has 1 saturated carbocycles. The van der Waals surface area contributed by atoms with Crippen LogP contribution in [-0.2, 0) is 6.54 Å². The number of carboxylic acids is 1. The van der Waals surface area contributed by atoms with Gasteiger partial charge in [-0.2, -0.15) is 0 Å². The van der Waals surface area contributed by atoms with Gasteiger partial charge >= 0.3 is 5.97 Å². The van der Waals surface area contributed by atoms with Crippen molar-refractivity contribution in [2.24, 2.45) is 0 Å². The molecule has 0 unspecified atom stereocenters. The summed E-state index contributed by atoms with van der Waals surface area (Å²) < 4.78 is 5.18. The van der Waals surface area contributed by atoms with E-state index in [1.807, 2.05) is 0 Å². The van der Waals surface area contributed by atoms with Gasteiger partial charge in [-0.25, -0.2) is 4.79 Å². The summed E-state index contributed by atoms with van der Waals surface area (Å²) in [7, 11) is 2.16. The summed E-state index contributed by atoms with van der Waals surface area (Å²) in [5.74, 6) is -0.440. The van der Waals surface area contributed by atoms with Gasteiger partial charge in [-0.05, 0) is 26.0 Å². The van der Waals surface area contributed by atoms with E-state index in [0.717, 1.165) is 19.1 Å². The number of carboxylic acid groups (broad SMARTS) is 1. The second kappa shape index (κ2) is 6.73. The Kier molecular flexibility index (Phi) is 4.99. The lowest BCUT2D eigenvalue weighted by Crippen LogP contribution is -2.35. The van der Waals surface area contributed by atoms with Crippen molar-refractivity contribution in [3.8, 4) is 0 Å². The van der Waals surface area contributed by atoms with Gasteiger partial charge in [0.1, 0.15) is 11.3 Å². The second-order valence-corrected chi connectivity index (χ2v) is 5.16. The minimum atomic E-state index is -0.936. The Labute approximate surface area is 113 Å². The highest BCUT2D eigenvalue weighted by atomic mass is 16.4. The number of hydrogen-bond donors (Lipinski definition) is 2. The van der Waals surface area contributed by atoms with Gasteiger partial charge in [-0.15, -0.1) is 0 Å². The van der Waals surface area contributed by atoms with Crippen LogP contribution in [0.3, 0.4) is 0 Å². The van der Waals surface area contributed by atoms with Gasteiger partial charge in [0.25, 0.3) is 0 Å². The first-order chi connectivity index (χ1) is 9.18. The first-order valence-corrected chi connectivity index (χ1v) is 6.89. The molecular formula is C14H22N2O3. The van der Waals surface area contributed by atoms with Crippen molar-refractivity contribution < 1.29 is 14.3 Å². The molecule has 106 valence electrons. The Morgan fingerprint density at radius 2 is 2.26 bits per heavy atom. The van der Waals surface area contributed by atoms with Crippen molar-refractivity contribution in [2.45, 2.75) is 38.3 Å². The van der Waals surface area contributed by atoms with Crippen LogP contribution in [0.25, 0.3) is 0 Å². The maximum atomic E-state index is 10.9. The van der Waals surface area contributed by atoms with Crippen molar-refractivity contribution in [1.29, 1.82) is 0 Å². The zero-order valence-corrected chi connectivity index (χ0v) is 11.4. The molecule has 2 N–H and O–H groups in total. The molecule has 2 rings (SSSR count). The summed E-state index contributed by atoms with van der Waals surface area (Å²) in [5.41, 5.74) is 0.247. The molecule has 1 heterocycles. The van der Waals surface area contributed by atoms with E-state index in [9.17, 15) is 4.79 Å².